The van der Waals surface area contributed by atoms with Crippen molar-refractivity contribution in [3.8, 4) is 6.07 Å². The van der Waals surface area contributed by atoms with E-state index in [1.54, 1.807) is 13.8 Å². The van der Waals surface area contributed by atoms with Crippen molar-refractivity contribution in [1.82, 2.24) is 9.97 Å². The van der Waals surface area contributed by atoms with Crippen molar-refractivity contribution in [3.63, 3.8) is 0 Å². The van der Waals surface area contributed by atoms with Crippen molar-refractivity contribution in [2.75, 3.05) is 5.73 Å². The van der Waals surface area contributed by atoms with E-state index in [1.807, 2.05) is 6.07 Å². The SMILES string of the molecule is Cc1nc(C#N)nc(C)c1N. The van der Waals surface area contributed by atoms with Gasteiger partial charge in [0.2, 0.25) is 5.82 Å². The van der Waals surface area contributed by atoms with E-state index in [0.29, 0.717) is 17.1 Å². The van der Waals surface area contributed by atoms with Crippen LogP contribution in [0.15, 0.2) is 0 Å². The number of aromatic nitrogens is 2. The van der Waals surface area contributed by atoms with Crippen LogP contribution in [-0.2, 0) is 0 Å². The molecule has 1 aromatic rings. The van der Waals surface area contributed by atoms with E-state index >= 15 is 0 Å². The van der Waals surface area contributed by atoms with Gasteiger partial charge in [-0.3, -0.25) is 0 Å². The van der Waals surface area contributed by atoms with Gasteiger partial charge < -0.3 is 5.73 Å². The summed E-state index contributed by atoms with van der Waals surface area (Å²) in [6.07, 6.45) is 0. The molecule has 0 aliphatic heterocycles. The molecule has 4 nitrogen and oxygen atoms in total. The van der Waals surface area contributed by atoms with Crippen LogP contribution in [0.1, 0.15) is 17.2 Å². The maximum absolute atomic E-state index is 8.46. The van der Waals surface area contributed by atoms with Gasteiger partial charge in [-0.05, 0) is 13.8 Å². The Hall–Kier alpha value is -1.63. The first kappa shape index (κ1) is 7.48. The number of rotatable bonds is 0. The smallest absolute Gasteiger partial charge is 0.232 e. The molecule has 0 radical (unpaired) electrons. The molecule has 56 valence electrons. The third kappa shape index (κ3) is 1.27. The van der Waals surface area contributed by atoms with Crippen LogP contribution < -0.4 is 5.73 Å². The second-order valence-corrected chi connectivity index (χ2v) is 2.24. The summed E-state index contributed by atoms with van der Waals surface area (Å²) < 4.78 is 0. The first-order valence-electron chi connectivity index (χ1n) is 3.16. The molecule has 0 saturated heterocycles. The second kappa shape index (κ2) is 2.54. The number of nitrogens with zero attached hydrogens (tertiary/aromatic N) is 3. The average molecular weight is 148 g/mol. The van der Waals surface area contributed by atoms with Crippen LogP contribution in [0.5, 0.6) is 0 Å². The van der Waals surface area contributed by atoms with Crippen molar-refractivity contribution in [3.05, 3.63) is 17.2 Å². The van der Waals surface area contributed by atoms with Gasteiger partial charge in [-0.25, -0.2) is 9.97 Å². The van der Waals surface area contributed by atoms with Gasteiger partial charge in [-0.1, -0.05) is 0 Å². The van der Waals surface area contributed by atoms with E-state index in [1.165, 1.54) is 0 Å². The van der Waals surface area contributed by atoms with Crippen LogP contribution in [0.25, 0.3) is 0 Å². The maximum Gasteiger partial charge on any atom is 0.232 e. The highest BCUT2D eigenvalue weighted by atomic mass is 14.9. The molecular weight excluding hydrogens is 140 g/mol. The fraction of sp³-hybridized carbons (Fsp3) is 0.286. The summed E-state index contributed by atoms with van der Waals surface area (Å²) in [4.78, 5) is 7.71. The average Bonchev–Trinajstić information content (AvgIpc) is 1.99. The van der Waals surface area contributed by atoms with Crippen molar-refractivity contribution < 1.29 is 0 Å². The molecular formula is C7H8N4. The van der Waals surface area contributed by atoms with E-state index in [4.69, 9.17) is 11.0 Å². The molecule has 1 heterocycles. The summed E-state index contributed by atoms with van der Waals surface area (Å²) in [5.74, 6) is 0.175. The van der Waals surface area contributed by atoms with Gasteiger partial charge in [-0.15, -0.1) is 0 Å². The van der Waals surface area contributed by atoms with Crippen LogP contribution in [0.2, 0.25) is 0 Å². The van der Waals surface area contributed by atoms with E-state index < -0.39 is 0 Å². The molecule has 2 N–H and O–H groups in total. The van der Waals surface area contributed by atoms with Crippen LogP contribution in [0, 0.1) is 25.2 Å². The summed E-state index contributed by atoms with van der Waals surface area (Å²) in [5.41, 5.74) is 7.45. The Morgan fingerprint density at radius 3 is 2.09 bits per heavy atom. The second-order valence-electron chi connectivity index (χ2n) is 2.24. The standard InChI is InChI=1S/C7H8N4/c1-4-7(9)5(2)11-6(3-8)10-4/h9H2,1-2H3. The molecule has 0 spiro atoms. The first-order valence-corrected chi connectivity index (χ1v) is 3.16. The highest BCUT2D eigenvalue weighted by Crippen LogP contribution is 2.10. The molecule has 0 aromatic carbocycles. The predicted molar refractivity (Wildman–Crippen MR) is 40.6 cm³/mol. The molecule has 0 atom stereocenters. The number of aryl methyl sites for hydroxylation is 2. The first-order chi connectivity index (χ1) is 5.15. The molecule has 1 rings (SSSR count). The molecule has 1 aromatic heterocycles. The monoisotopic (exact) mass is 148 g/mol. The van der Waals surface area contributed by atoms with E-state index in [2.05, 4.69) is 9.97 Å². The topological polar surface area (TPSA) is 75.6 Å². The van der Waals surface area contributed by atoms with Gasteiger partial charge in [0.05, 0.1) is 17.1 Å². The summed E-state index contributed by atoms with van der Waals surface area (Å²) in [6.45, 7) is 3.51. The quantitative estimate of drug-likeness (QED) is 0.582. The lowest BCUT2D eigenvalue weighted by Crippen LogP contribution is -2.02. The molecule has 0 aliphatic rings. The van der Waals surface area contributed by atoms with Crippen LogP contribution in [-0.4, -0.2) is 9.97 Å². The fourth-order valence-electron chi connectivity index (χ4n) is 0.775. The number of nitriles is 1. The van der Waals surface area contributed by atoms with Gasteiger partial charge in [0.1, 0.15) is 6.07 Å². The zero-order valence-corrected chi connectivity index (χ0v) is 6.42. The lowest BCUT2D eigenvalue weighted by atomic mass is 10.3. The lowest BCUT2D eigenvalue weighted by Gasteiger charge is -2.01. The molecule has 0 unspecified atom stereocenters. The van der Waals surface area contributed by atoms with Crippen molar-refractivity contribution >= 4 is 5.69 Å². The van der Waals surface area contributed by atoms with Crippen molar-refractivity contribution in [2.24, 2.45) is 0 Å². The molecule has 4 heteroatoms. The third-order valence-electron chi connectivity index (χ3n) is 1.43. The molecule has 0 amide bonds. The van der Waals surface area contributed by atoms with E-state index in [-0.39, 0.29) is 5.82 Å². The molecule has 0 fully saturated rings. The highest BCUT2D eigenvalue weighted by Gasteiger charge is 2.02. The van der Waals surface area contributed by atoms with Crippen molar-refractivity contribution in [1.29, 1.82) is 5.26 Å². The summed E-state index contributed by atoms with van der Waals surface area (Å²) in [7, 11) is 0. The van der Waals surface area contributed by atoms with Crippen molar-refractivity contribution in [2.45, 2.75) is 13.8 Å². The molecule has 0 aliphatic carbocycles. The molecule has 11 heavy (non-hydrogen) atoms. The van der Waals surface area contributed by atoms with Gasteiger partial charge in [0, 0.05) is 0 Å². The Morgan fingerprint density at radius 2 is 1.73 bits per heavy atom. The molecule has 0 bridgehead atoms. The van der Waals surface area contributed by atoms with Crippen LogP contribution in [0.4, 0.5) is 5.69 Å². The Labute approximate surface area is 64.7 Å². The minimum Gasteiger partial charge on any atom is -0.396 e. The highest BCUT2D eigenvalue weighted by molar-refractivity contribution is 5.46. The number of nitrogen functional groups attached to an aromatic ring is 1. The third-order valence-corrected chi connectivity index (χ3v) is 1.43. The fourth-order valence-corrected chi connectivity index (χ4v) is 0.775. The Bertz CT molecular complexity index is 301. The van der Waals surface area contributed by atoms with E-state index in [0.717, 1.165) is 0 Å². The zero-order chi connectivity index (χ0) is 8.43. The van der Waals surface area contributed by atoms with Gasteiger partial charge in [0.25, 0.3) is 0 Å². The summed E-state index contributed by atoms with van der Waals surface area (Å²) in [6, 6.07) is 1.86. The van der Waals surface area contributed by atoms with Crippen LogP contribution in [0.3, 0.4) is 0 Å². The Morgan fingerprint density at radius 1 is 1.27 bits per heavy atom. The molecule has 0 saturated carbocycles. The lowest BCUT2D eigenvalue weighted by molar-refractivity contribution is 1.03. The Kier molecular flexibility index (Phi) is 1.73. The number of hydrogen-bond acceptors (Lipinski definition) is 4. The minimum absolute atomic E-state index is 0.175. The summed E-state index contributed by atoms with van der Waals surface area (Å²) >= 11 is 0. The van der Waals surface area contributed by atoms with Gasteiger partial charge >= 0.3 is 0 Å². The number of anilines is 1. The van der Waals surface area contributed by atoms with Crippen LogP contribution >= 0.6 is 0 Å². The zero-order valence-electron chi connectivity index (χ0n) is 6.42. The Balaban J connectivity index is 3.35. The van der Waals surface area contributed by atoms with E-state index in [9.17, 15) is 0 Å². The van der Waals surface area contributed by atoms with Gasteiger partial charge in [-0.2, -0.15) is 5.26 Å². The summed E-state index contributed by atoms with van der Waals surface area (Å²) in [5, 5.41) is 8.46. The largest absolute Gasteiger partial charge is 0.396 e. The predicted octanol–water partition coefficient (Wildman–Crippen LogP) is 0.547. The van der Waals surface area contributed by atoms with Gasteiger partial charge in [0.15, 0.2) is 0 Å². The normalized spacial score (nSPS) is 9.18. The minimum atomic E-state index is 0.175. The maximum atomic E-state index is 8.46. The number of hydrogen-bond donors (Lipinski definition) is 1. The number of nitrogens with two attached hydrogens (primary N) is 1.